The number of halogens is 1. The Bertz CT molecular complexity index is 928. The lowest BCUT2D eigenvalue weighted by atomic mass is 10.1. The Balaban J connectivity index is 2.19. The van der Waals surface area contributed by atoms with Gasteiger partial charge in [0.2, 0.25) is 0 Å². The zero-order valence-electron chi connectivity index (χ0n) is 12.9. The third kappa shape index (κ3) is 2.53. The number of aryl methyl sites for hydroxylation is 3. The molecule has 1 heterocycles. The minimum absolute atomic E-state index is 0.0735. The number of rotatable bonds is 2. The summed E-state index contributed by atoms with van der Waals surface area (Å²) in [5.74, 6) is 0. The molecule has 3 rings (SSSR count). The fourth-order valence-corrected chi connectivity index (χ4v) is 2.78. The summed E-state index contributed by atoms with van der Waals surface area (Å²) >= 11 is 6.19. The molecule has 1 aromatic heterocycles. The third-order valence-corrected chi connectivity index (χ3v) is 4.44. The fraction of sp³-hybridized carbons (Fsp3) is 0.222. The van der Waals surface area contributed by atoms with Gasteiger partial charge in [0.25, 0.3) is 5.56 Å². The van der Waals surface area contributed by atoms with Crippen LogP contribution in [0.2, 0.25) is 5.02 Å². The molecule has 0 amide bonds. The Hall–Kier alpha value is -2.13. The molecule has 0 spiro atoms. The van der Waals surface area contributed by atoms with E-state index in [0.29, 0.717) is 17.1 Å². The lowest BCUT2D eigenvalue weighted by Gasteiger charge is -2.11. The Labute approximate surface area is 134 Å². The number of benzene rings is 2. The summed E-state index contributed by atoms with van der Waals surface area (Å²) in [6.07, 6.45) is 0.440. The van der Waals surface area contributed by atoms with Crippen molar-refractivity contribution in [3.8, 4) is 0 Å². The van der Waals surface area contributed by atoms with Crippen molar-refractivity contribution in [3.63, 3.8) is 0 Å². The molecule has 22 heavy (non-hydrogen) atoms. The topological polar surface area (TPSA) is 34.9 Å². The van der Waals surface area contributed by atoms with Gasteiger partial charge < -0.3 is 4.57 Å². The first-order valence-corrected chi connectivity index (χ1v) is 7.55. The number of nitrogens with zero attached hydrogens (tertiary/aromatic N) is 2. The van der Waals surface area contributed by atoms with Crippen LogP contribution < -0.4 is 5.56 Å². The summed E-state index contributed by atoms with van der Waals surface area (Å²) in [6.45, 7) is 4.09. The van der Waals surface area contributed by atoms with Crippen LogP contribution in [-0.2, 0) is 13.5 Å². The van der Waals surface area contributed by atoms with Crippen molar-refractivity contribution < 1.29 is 0 Å². The second kappa shape index (κ2) is 5.58. The van der Waals surface area contributed by atoms with Crippen LogP contribution in [0.25, 0.3) is 11.0 Å². The van der Waals surface area contributed by atoms with Gasteiger partial charge in [-0.2, -0.15) is 0 Å². The zero-order valence-corrected chi connectivity index (χ0v) is 13.6. The zero-order chi connectivity index (χ0) is 15.9. The van der Waals surface area contributed by atoms with E-state index >= 15 is 0 Å². The van der Waals surface area contributed by atoms with E-state index in [-0.39, 0.29) is 5.56 Å². The predicted molar refractivity (Wildman–Crippen MR) is 90.7 cm³/mol. The number of hydrogen-bond acceptors (Lipinski definition) is 2. The van der Waals surface area contributed by atoms with Gasteiger partial charge in [-0.05, 0) is 48.7 Å². The van der Waals surface area contributed by atoms with E-state index in [1.807, 2.05) is 43.3 Å². The monoisotopic (exact) mass is 312 g/mol. The average molecular weight is 313 g/mol. The highest BCUT2D eigenvalue weighted by atomic mass is 35.5. The molecule has 0 bridgehead atoms. The van der Waals surface area contributed by atoms with E-state index in [2.05, 4.69) is 11.9 Å². The van der Waals surface area contributed by atoms with Gasteiger partial charge in [0.15, 0.2) is 0 Å². The van der Waals surface area contributed by atoms with Gasteiger partial charge in [-0.1, -0.05) is 29.8 Å². The molecule has 3 nitrogen and oxygen atoms in total. The molecule has 3 aromatic rings. The van der Waals surface area contributed by atoms with Gasteiger partial charge in [-0.15, -0.1) is 0 Å². The molecule has 0 aliphatic heterocycles. The highest BCUT2D eigenvalue weighted by molar-refractivity contribution is 6.31. The summed E-state index contributed by atoms with van der Waals surface area (Å²) in [7, 11) is 1.79. The lowest BCUT2D eigenvalue weighted by Crippen LogP contribution is -2.23. The molecular weight excluding hydrogens is 296 g/mol. The molecular formula is C18H17ClN2O. The molecule has 0 fully saturated rings. The maximum absolute atomic E-state index is 12.6. The van der Waals surface area contributed by atoms with Gasteiger partial charge in [-0.25, -0.2) is 4.98 Å². The standard InChI is InChI=1S/C18H17ClN2O/c1-11-8-15-17(9-12(11)2)21(3)18(22)16(20-15)10-13-6-4-5-7-14(13)19/h4-9H,10H2,1-3H3. The second-order valence-electron chi connectivity index (χ2n) is 5.62. The van der Waals surface area contributed by atoms with E-state index in [4.69, 9.17) is 11.6 Å². The smallest absolute Gasteiger partial charge is 0.272 e. The van der Waals surface area contributed by atoms with Crippen LogP contribution in [0.3, 0.4) is 0 Å². The molecule has 0 saturated carbocycles. The average Bonchev–Trinajstić information content (AvgIpc) is 2.49. The molecule has 4 heteroatoms. The van der Waals surface area contributed by atoms with Gasteiger partial charge in [0, 0.05) is 18.5 Å². The maximum Gasteiger partial charge on any atom is 0.272 e. The summed E-state index contributed by atoms with van der Waals surface area (Å²) in [4.78, 5) is 17.1. The van der Waals surface area contributed by atoms with Crippen LogP contribution in [0.15, 0.2) is 41.2 Å². The summed E-state index contributed by atoms with van der Waals surface area (Å²) in [5, 5.41) is 0.659. The lowest BCUT2D eigenvalue weighted by molar-refractivity contribution is 0.854. The SMILES string of the molecule is Cc1cc2nc(Cc3ccccc3Cl)c(=O)n(C)c2cc1C. The van der Waals surface area contributed by atoms with E-state index < -0.39 is 0 Å². The second-order valence-corrected chi connectivity index (χ2v) is 6.02. The normalized spacial score (nSPS) is 11.1. The van der Waals surface area contributed by atoms with Crippen LogP contribution in [0, 0.1) is 13.8 Å². The highest BCUT2D eigenvalue weighted by Gasteiger charge is 2.11. The summed E-state index contributed by atoms with van der Waals surface area (Å²) in [5.41, 5.74) is 5.38. The predicted octanol–water partition coefficient (Wildman–Crippen LogP) is 3.79. The maximum atomic E-state index is 12.6. The Kier molecular flexibility index (Phi) is 3.75. The van der Waals surface area contributed by atoms with E-state index in [0.717, 1.165) is 22.2 Å². The summed E-state index contributed by atoms with van der Waals surface area (Å²) in [6, 6.07) is 11.6. The number of hydrogen-bond donors (Lipinski definition) is 0. The Morgan fingerprint density at radius 1 is 1.14 bits per heavy atom. The van der Waals surface area contributed by atoms with E-state index in [1.54, 1.807) is 11.6 Å². The first-order valence-electron chi connectivity index (χ1n) is 7.17. The van der Waals surface area contributed by atoms with Crippen molar-refractivity contribution in [1.82, 2.24) is 9.55 Å². The first-order chi connectivity index (χ1) is 10.5. The quantitative estimate of drug-likeness (QED) is 0.721. The molecule has 0 N–H and O–H groups in total. The summed E-state index contributed by atoms with van der Waals surface area (Å²) < 4.78 is 1.67. The molecule has 2 aromatic carbocycles. The molecule has 0 aliphatic rings. The van der Waals surface area contributed by atoms with E-state index in [1.165, 1.54) is 5.56 Å². The van der Waals surface area contributed by atoms with Gasteiger partial charge in [0.05, 0.1) is 11.0 Å². The molecule has 112 valence electrons. The Morgan fingerprint density at radius 3 is 2.55 bits per heavy atom. The minimum Gasteiger partial charge on any atom is -0.308 e. The van der Waals surface area contributed by atoms with Crippen molar-refractivity contribution in [2.24, 2.45) is 7.05 Å². The first kappa shape index (κ1) is 14.8. The molecule has 0 radical (unpaired) electrons. The minimum atomic E-state index is -0.0735. The molecule has 0 aliphatic carbocycles. The molecule has 0 unspecified atom stereocenters. The number of fused-ring (bicyclic) bond motifs is 1. The van der Waals surface area contributed by atoms with Crippen LogP contribution in [0.4, 0.5) is 0 Å². The largest absolute Gasteiger partial charge is 0.308 e. The van der Waals surface area contributed by atoms with Crippen LogP contribution >= 0.6 is 11.6 Å². The van der Waals surface area contributed by atoms with Crippen molar-refractivity contribution in [3.05, 3.63) is 74.2 Å². The molecule has 0 saturated heterocycles. The van der Waals surface area contributed by atoms with Crippen molar-refractivity contribution in [1.29, 1.82) is 0 Å². The fourth-order valence-electron chi connectivity index (χ4n) is 2.58. The van der Waals surface area contributed by atoms with E-state index in [9.17, 15) is 4.79 Å². The van der Waals surface area contributed by atoms with Crippen LogP contribution in [0.1, 0.15) is 22.4 Å². The van der Waals surface area contributed by atoms with Crippen LogP contribution in [0.5, 0.6) is 0 Å². The Morgan fingerprint density at radius 2 is 1.82 bits per heavy atom. The van der Waals surface area contributed by atoms with Gasteiger partial charge >= 0.3 is 0 Å². The highest BCUT2D eigenvalue weighted by Crippen LogP contribution is 2.20. The van der Waals surface area contributed by atoms with Gasteiger partial charge in [-0.3, -0.25) is 4.79 Å². The van der Waals surface area contributed by atoms with Gasteiger partial charge in [0.1, 0.15) is 5.69 Å². The molecule has 0 atom stereocenters. The van der Waals surface area contributed by atoms with Crippen LogP contribution in [-0.4, -0.2) is 9.55 Å². The van der Waals surface area contributed by atoms with Crippen molar-refractivity contribution in [2.45, 2.75) is 20.3 Å². The third-order valence-electron chi connectivity index (χ3n) is 4.07. The number of aromatic nitrogens is 2. The van der Waals surface area contributed by atoms with Crippen molar-refractivity contribution in [2.75, 3.05) is 0 Å². The van der Waals surface area contributed by atoms with Crippen molar-refractivity contribution >= 4 is 22.6 Å².